The maximum atomic E-state index is 12.6. The molecule has 0 saturated heterocycles. The molecule has 1 aromatic carbocycles. The van der Waals surface area contributed by atoms with Crippen LogP contribution in [-0.2, 0) is 4.79 Å². The summed E-state index contributed by atoms with van der Waals surface area (Å²) in [5.41, 5.74) is 0.102. The Morgan fingerprint density at radius 3 is 2.58 bits per heavy atom. The van der Waals surface area contributed by atoms with Crippen LogP contribution in [0.25, 0.3) is 0 Å². The Morgan fingerprint density at radius 1 is 1.25 bits per heavy atom. The van der Waals surface area contributed by atoms with Crippen LogP contribution >= 0.6 is 0 Å². The van der Waals surface area contributed by atoms with Crippen LogP contribution in [0.5, 0.6) is 11.5 Å². The molecule has 0 spiro atoms. The molecule has 5 nitrogen and oxygen atoms in total. The fraction of sp³-hybridized carbons (Fsp3) is 0.579. The van der Waals surface area contributed by atoms with Crippen LogP contribution in [0.15, 0.2) is 18.2 Å². The first-order valence-corrected chi connectivity index (χ1v) is 8.62. The molecular formula is C19H27NO4. The van der Waals surface area contributed by atoms with Gasteiger partial charge in [-0.15, -0.1) is 0 Å². The number of Topliss-reactive ketones (excluding diaryl/α,β-unsaturated/α-hetero) is 1. The number of carbonyl (C=O) groups is 2. The van der Waals surface area contributed by atoms with Gasteiger partial charge >= 0.3 is 0 Å². The van der Waals surface area contributed by atoms with Crippen LogP contribution < -0.4 is 5.32 Å². The van der Waals surface area contributed by atoms with E-state index in [0.29, 0.717) is 17.8 Å². The van der Waals surface area contributed by atoms with E-state index in [9.17, 15) is 19.8 Å². The van der Waals surface area contributed by atoms with Crippen molar-refractivity contribution in [2.24, 2.45) is 23.7 Å². The van der Waals surface area contributed by atoms with Crippen molar-refractivity contribution in [2.45, 2.75) is 40.0 Å². The van der Waals surface area contributed by atoms with Crippen molar-refractivity contribution in [3.05, 3.63) is 23.8 Å². The minimum Gasteiger partial charge on any atom is -0.508 e. The molecule has 0 unspecified atom stereocenters. The molecule has 1 aliphatic rings. The Bertz CT molecular complexity index is 611. The van der Waals surface area contributed by atoms with Crippen LogP contribution in [0, 0.1) is 23.7 Å². The average Bonchev–Trinajstić information content (AvgIpc) is 2.51. The Kier molecular flexibility index (Phi) is 5.86. The van der Waals surface area contributed by atoms with Crippen molar-refractivity contribution in [3.63, 3.8) is 0 Å². The van der Waals surface area contributed by atoms with E-state index in [2.05, 4.69) is 26.1 Å². The summed E-state index contributed by atoms with van der Waals surface area (Å²) in [6, 6.07) is 3.82. The van der Waals surface area contributed by atoms with Gasteiger partial charge in [0, 0.05) is 12.0 Å². The number of nitrogens with one attached hydrogen (secondary N) is 1. The van der Waals surface area contributed by atoms with Gasteiger partial charge in [0.15, 0.2) is 5.78 Å². The molecular weight excluding hydrogens is 306 g/mol. The molecule has 5 heteroatoms. The lowest BCUT2D eigenvalue weighted by molar-refractivity contribution is -0.129. The molecule has 0 aromatic heterocycles. The van der Waals surface area contributed by atoms with Crippen molar-refractivity contribution >= 4 is 11.7 Å². The first-order valence-electron chi connectivity index (χ1n) is 8.62. The van der Waals surface area contributed by atoms with E-state index in [4.69, 9.17) is 0 Å². The van der Waals surface area contributed by atoms with Gasteiger partial charge in [0.25, 0.3) is 0 Å². The van der Waals surface area contributed by atoms with Gasteiger partial charge in [0.2, 0.25) is 5.91 Å². The predicted molar refractivity (Wildman–Crippen MR) is 91.9 cm³/mol. The quantitative estimate of drug-likeness (QED) is 0.723. The first kappa shape index (κ1) is 18.3. The van der Waals surface area contributed by atoms with E-state index in [1.807, 2.05) is 0 Å². The largest absolute Gasteiger partial charge is 0.508 e. The number of hydrogen-bond donors (Lipinski definition) is 3. The third kappa shape index (κ3) is 4.28. The summed E-state index contributed by atoms with van der Waals surface area (Å²) in [6.45, 7) is 6.30. The molecule has 3 atom stereocenters. The lowest BCUT2D eigenvalue weighted by Crippen LogP contribution is -2.41. The third-order valence-electron chi connectivity index (χ3n) is 5.06. The smallest absolute Gasteiger partial charge is 0.223 e. The highest BCUT2D eigenvalue weighted by atomic mass is 16.3. The topological polar surface area (TPSA) is 86.6 Å². The second-order valence-corrected chi connectivity index (χ2v) is 7.28. The summed E-state index contributed by atoms with van der Waals surface area (Å²) in [5, 5.41) is 21.7. The minimum atomic E-state index is -0.370. The molecule has 0 radical (unpaired) electrons. The maximum absolute atomic E-state index is 12.6. The van der Waals surface area contributed by atoms with Gasteiger partial charge in [-0.25, -0.2) is 0 Å². The summed E-state index contributed by atoms with van der Waals surface area (Å²) in [4.78, 5) is 24.8. The van der Waals surface area contributed by atoms with Crippen molar-refractivity contribution in [2.75, 3.05) is 6.54 Å². The number of ketones is 1. The predicted octanol–water partition coefficient (Wildman–Crippen LogP) is 3.11. The van der Waals surface area contributed by atoms with Crippen molar-refractivity contribution in [1.29, 1.82) is 0 Å². The fourth-order valence-corrected chi connectivity index (χ4v) is 3.65. The third-order valence-corrected chi connectivity index (χ3v) is 5.06. The van der Waals surface area contributed by atoms with Crippen molar-refractivity contribution in [3.8, 4) is 11.5 Å². The maximum Gasteiger partial charge on any atom is 0.223 e. The van der Waals surface area contributed by atoms with E-state index in [1.165, 1.54) is 12.1 Å². The van der Waals surface area contributed by atoms with E-state index < -0.39 is 0 Å². The number of hydrogen-bond acceptors (Lipinski definition) is 4. The highest BCUT2D eigenvalue weighted by Crippen LogP contribution is 2.38. The number of phenolic OH excluding ortho intramolecular Hbond substituents is 2. The molecule has 0 bridgehead atoms. The van der Waals surface area contributed by atoms with Gasteiger partial charge in [-0.1, -0.05) is 27.2 Å². The molecule has 1 saturated carbocycles. The zero-order valence-corrected chi connectivity index (χ0v) is 14.6. The summed E-state index contributed by atoms with van der Waals surface area (Å²) in [5.74, 6) is 0.411. The second kappa shape index (κ2) is 7.69. The summed E-state index contributed by atoms with van der Waals surface area (Å²) < 4.78 is 0. The van der Waals surface area contributed by atoms with E-state index in [1.54, 1.807) is 0 Å². The fourth-order valence-electron chi connectivity index (χ4n) is 3.65. The first-order chi connectivity index (χ1) is 11.3. The van der Waals surface area contributed by atoms with Gasteiger partial charge in [-0.05, 0) is 42.7 Å². The van der Waals surface area contributed by atoms with Crippen molar-refractivity contribution < 1.29 is 19.8 Å². The van der Waals surface area contributed by atoms with Crippen LogP contribution in [-0.4, -0.2) is 28.4 Å². The molecule has 1 aliphatic carbocycles. The molecule has 1 aromatic rings. The second-order valence-electron chi connectivity index (χ2n) is 7.28. The highest BCUT2D eigenvalue weighted by Gasteiger charge is 2.35. The van der Waals surface area contributed by atoms with Gasteiger partial charge in [0.05, 0.1) is 12.1 Å². The Labute approximate surface area is 143 Å². The minimum absolute atomic E-state index is 0.0602. The standard InChI is InChI=1S/C19H27NO4/c1-11(2)14-6-4-12(3)8-16(14)19(24)20-10-18(23)15-7-5-13(21)9-17(15)22/h5,7,9,11-12,14,16,21-22H,4,6,8,10H2,1-3H3,(H,20,24)/t12-,14+,16-/m1/s1. The number of carbonyl (C=O) groups excluding carboxylic acids is 2. The molecule has 132 valence electrons. The lowest BCUT2D eigenvalue weighted by atomic mass is 9.70. The van der Waals surface area contributed by atoms with E-state index in [0.717, 1.165) is 25.3 Å². The highest BCUT2D eigenvalue weighted by molar-refractivity contribution is 6.01. The Balaban J connectivity index is 1.99. The summed E-state index contributed by atoms with van der Waals surface area (Å²) in [6.07, 6.45) is 3.05. The number of benzene rings is 1. The Morgan fingerprint density at radius 2 is 1.96 bits per heavy atom. The van der Waals surface area contributed by atoms with Gasteiger partial charge in [0.1, 0.15) is 11.5 Å². The number of aromatic hydroxyl groups is 2. The van der Waals surface area contributed by atoms with Gasteiger partial charge < -0.3 is 15.5 Å². The summed E-state index contributed by atoms with van der Waals surface area (Å²) in [7, 11) is 0. The van der Waals surface area contributed by atoms with Gasteiger partial charge in [-0.3, -0.25) is 9.59 Å². The number of rotatable bonds is 5. The zero-order chi connectivity index (χ0) is 17.9. The average molecular weight is 333 g/mol. The SMILES string of the molecule is CC(C)[C@@H]1CC[C@@H](C)C[C@H]1C(=O)NCC(=O)c1ccc(O)cc1O. The molecule has 2 rings (SSSR count). The molecule has 3 N–H and O–H groups in total. The van der Waals surface area contributed by atoms with Crippen LogP contribution in [0.1, 0.15) is 50.4 Å². The van der Waals surface area contributed by atoms with Crippen LogP contribution in [0.3, 0.4) is 0 Å². The van der Waals surface area contributed by atoms with Crippen LogP contribution in [0.4, 0.5) is 0 Å². The molecule has 1 amide bonds. The Hall–Kier alpha value is -2.04. The molecule has 24 heavy (non-hydrogen) atoms. The monoisotopic (exact) mass is 333 g/mol. The van der Waals surface area contributed by atoms with Gasteiger partial charge in [-0.2, -0.15) is 0 Å². The molecule has 1 fully saturated rings. The lowest BCUT2D eigenvalue weighted by Gasteiger charge is -2.36. The van der Waals surface area contributed by atoms with E-state index >= 15 is 0 Å². The van der Waals surface area contributed by atoms with E-state index in [-0.39, 0.29) is 41.2 Å². The van der Waals surface area contributed by atoms with Crippen molar-refractivity contribution in [1.82, 2.24) is 5.32 Å². The molecule has 0 heterocycles. The normalized spacial score (nSPS) is 23.9. The molecule has 0 aliphatic heterocycles. The number of phenols is 2. The van der Waals surface area contributed by atoms with Crippen LogP contribution in [0.2, 0.25) is 0 Å². The number of amides is 1. The summed E-state index contributed by atoms with van der Waals surface area (Å²) >= 11 is 0. The zero-order valence-electron chi connectivity index (χ0n) is 14.6.